The van der Waals surface area contributed by atoms with Gasteiger partial charge in [-0.25, -0.2) is 4.79 Å². The number of aliphatic hydroxyl groups is 6. The van der Waals surface area contributed by atoms with Gasteiger partial charge in [-0.15, -0.1) is 0 Å². The summed E-state index contributed by atoms with van der Waals surface area (Å²) in [7, 11) is -5.87. The van der Waals surface area contributed by atoms with Gasteiger partial charge in [-0.05, 0) is 6.07 Å². The fourth-order valence-corrected chi connectivity index (χ4v) is 5.37. The number of thiol groups is 1. The number of aromatic nitrogens is 2. The number of aliphatic hydroxyl groups excluding tert-OH is 6. The minimum Gasteiger partial charge on any atom is -0.756 e. The van der Waals surface area contributed by atoms with E-state index in [1.165, 1.54) is 6.07 Å². The summed E-state index contributed by atoms with van der Waals surface area (Å²) in [5.74, 6) is -7.04. The molecular formula is C22H33N6O18PS-2. The molecule has 3 amide bonds. The Kier molecular flexibility index (Phi) is 15.3. The quantitative estimate of drug-likeness (QED) is 0.0453. The van der Waals surface area contributed by atoms with Crippen molar-refractivity contribution >= 4 is 51.2 Å². The highest BCUT2D eigenvalue weighted by Gasteiger charge is 2.54. The summed E-state index contributed by atoms with van der Waals surface area (Å²) < 4.78 is 35.1. The van der Waals surface area contributed by atoms with Crippen LogP contribution >= 0.6 is 20.6 Å². The molecule has 2 aliphatic heterocycles. The van der Waals surface area contributed by atoms with Crippen molar-refractivity contribution in [1.82, 2.24) is 24.9 Å². The molecule has 1 aromatic heterocycles. The van der Waals surface area contributed by atoms with Gasteiger partial charge in [0.1, 0.15) is 48.4 Å². The first-order valence-electron chi connectivity index (χ1n) is 13.3. The van der Waals surface area contributed by atoms with Crippen LogP contribution < -0.4 is 36.8 Å². The molecule has 2 aliphatic rings. The number of nitrogen functional groups attached to an aromatic ring is 1. The molecular weight excluding hydrogens is 699 g/mol. The normalized spacial score (nSPS) is 30.8. The topological polar surface area (TPSA) is 387 Å². The van der Waals surface area contributed by atoms with Crippen LogP contribution in [0.5, 0.6) is 0 Å². The number of nitrogens with two attached hydrogens (primary N) is 1. The molecule has 3 heterocycles. The van der Waals surface area contributed by atoms with Gasteiger partial charge in [-0.3, -0.25) is 28.0 Å². The zero-order valence-electron chi connectivity index (χ0n) is 24.3. The summed E-state index contributed by atoms with van der Waals surface area (Å²) in [5.41, 5.74) is 4.42. The lowest BCUT2D eigenvalue weighted by atomic mass is 9.88. The first-order chi connectivity index (χ1) is 22.5. The van der Waals surface area contributed by atoms with Crippen molar-refractivity contribution in [2.75, 3.05) is 25.5 Å². The number of nitrogens with one attached hydrogen (secondary N) is 3. The molecule has 272 valence electrons. The van der Waals surface area contributed by atoms with Gasteiger partial charge in [-0.2, -0.15) is 4.98 Å². The van der Waals surface area contributed by atoms with E-state index in [4.69, 9.17) is 20.0 Å². The third-order valence-corrected chi connectivity index (χ3v) is 7.74. The Bertz CT molecular complexity index is 1380. The lowest BCUT2D eigenvalue weighted by Gasteiger charge is -2.50. The SMILES string of the molecule is Nc1ccn(C2OC(COP(=O)([O-])OC3(C(=O)[O-])CC(O)C(NC(=O)CNC=O)C([C@H](O)[C@H](O)CO)O3)C(O)C2O)c(=O)n1.O=CNS. The fraction of sp³-hybridized carbons (Fsp3) is 0.636. The molecule has 0 aromatic carbocycles. The minimum atomic E-state index is -5.87. The largest absolute Gasteiger partial charge is 0.756 e. The number of amides is 3. The van der Waals surface area contributed by atoms with Crippen LogP contribution in [0.25, 0.3) is 0 Å². The number of anilines is 1. The molecule has 0 radical (unpaired) electrons. The van der Waals surface area contributed by atoms with Gasteiger partial charge < -0.3 is 80.5 Å². The summed E-state index contributed by atoms with van der Waals surface area (Å²) in [4.78, 5) is 71.9. The molecule has 48 heavy (non-hydrogen) atoms. The summed E-state index contributed by atoms with van der Waals surface area (Å²) in [6, 6.07) is -0.588. The first-order valence-corrected chi connectivity index (χ1v) is 15.2. The number of ether oxygens (including phenoxy) is 2. The van der Waals surface area contributed by atoms with Crippen LogP contribution in [0.15, 0.2) is 17.1 Å². The van der Waals surface area contributed by atoms with Crippen molar-refractivity contribution < 1.29 is 82.9 Å². The van der Waals surface area contributed by atoms with E-state index in [0.717, 1.165) is 10.8 Å². The Labute approximate surface area is 274 Å². The van der Waals surface area contributed by atoms with E-state index in [0.29, 0.717) is 6.41 Å². The van der Waals surface area contributed by atoms with Gasteiger partial charge in [0.05, 0.1) is 31.9 Å². The molecule has 0 bridgehead atoms. The van der Waals surface area contributed by atoms with Gasteiger partial charge >= 0.3 is 5.69 Å². The molecule has 11 atom stereocenters. The maximum atomic E-state index is 12.7. The second-order valence-corrected chi connectivity index (χ2v) is 11.5. The number of nitrogens with zero attached hydrogens (tertiary/aromatic N) is 2. The number of phosphoric acid groups is 1. The highest BCUT2D eigenvalue weighted by molar-refractivity contribution is 7.78. The zero-order chi connectivity index (χ0) is 36.4. The van der Waals surface area contributed by atoms with Crippen molar-refractivity contribution in [2.24, 2.45) is 0 Å². The zero-order valence-corrected chi connectivity index (χ0v) is 26.1. The van der Waals surface area contributed by atoms with E-state index in [1.54, 1.807) is 0 Å². The molecule has 0 aliphatic carbocycles. The molecule has 24 nitrogen and oxygen atoms in total. The number of carboxylic acid groups (broad SMARTS) is 1. The van der Waals surface area contributed by atoms with Crippen LogP contribution in [0.2, 0.25) is 0 Å². The molecule has 1 aromatic rings. The van der Waals surface area contributed by atoms with Gasteiger partial charge in [0, 0.05) is 12.6 Å². The second kappa shape index (κ2) is 17.9. The molecule has 3 rings (SSSR count). The number of carboxylic acids is 1. The average Bonchev–Trinajstić information content (AvgIpc) is 3.31. The molecule has 2 fully saturated rings. The van der Waals surface area contributed by atoms with E-state index in [1.807, 2.05) is 10.0 Å². The number of hydrogen-bond donors (Lipinski definition) is 11. The third-order valence-electron chi connectivity index (χ3n) is 6.65. The van der Waals surface area contributed by atoms with Gasteiger partial charge in [0.15, 0.2) is 6.23 Å². The van der Waals surface area contributed by atoms with E-state index in [2.05, 4.69) is 32.2 Å². The highest BCUT2D eigenvalue weighted by atomic mass is 32.1. The Balaban J connectivity index is 0.00000189. The van der Waals surface area contributed by atoms with Gasteiger partial charge in [-0.1, -0.05) is 12.8 Å². The Hall–Kier alpha value is -3.30. The number of aliphatic carboxylic acids is 1. The molecule has 26 heteroatoms. The third kappa shape index (κ3) is 10.3. The van der Waals surface area contributed by atoms with Crippen LogP contribution in [-0.2, 0) is 42.3 Å². The van der Waals surface area contributed by atoms with Crippen molar-refractivity contribution in [3.8, 4) is 0 Å². The monoisotopic (exact) mass is 732 g/mol. The van der Waals surface area contributed by atoms with E-state index in [-0.39, 0.29) is 12.2 Å². The maximum Gasteiger partial charge on any atom is 0.351 e. The lowest BCUT2D eigenvalue weighted by Crippen LogP contribution is -2.70. The van der Waals surface area contributed by atoms with E-state index in [9.17, 15) is 64.4 Å². The Morgan fingerprint density at radius 1 is 1.27 bits per heavy atom. The van der Waals surface area contributed by atoms with Crippen molar-refractivity contribution in [2.45, 2.75) is 67.2 Å². The van der Waals surface area contributed by atoms with Gasteiger partial charge in [0.25, 0.3) is 7.82 Å². The number of carbonyl (C=O) groups is 4. The summed E-state index contributed by atoms with van der Waals surface area (Å²) in [6.45, 7) is -2.92. The van der Waals surface area contributed by atoms with Crippen LogP contribution in [0.4, 0.5) is 5.82 Å². The van der Waals surface area contributed by atoms with Crippen molar-refractivity contribution in [3.63, 3.8) is 0 Å². The van der Waals surface area contributed by atoms with Crippen LogP contribution in [-0.4, -0.2) is 139 Å². The number of hydrogen-bond acceptors (Lipinski definition) is 21. The van der Waals surface area contributed by atoms with Crippen LogP contribution in [0, 0.1) is 0 Å². The molecule has 0 saturated carbocycles. The molecule has 11 N–H and O–H groups in total. The van der Waals surface area contributed by atoms with E-state index < -0.39 is 112 Å². The number of phosphoric ester groups is 1. The predicted molar refractivity (Wildman–Crippen MR) is 150 cm³/mol. The van der Waals surface area contributed by atoms with Crippen LogP contribution in [0.3, 0.4) is 0 Å². The second-order valence-electron chi connectivity index (χ2n) is 9.90. The highest BCUT2D eigenvalue weighted by Crippen LogP contribution is 2.48. The molecule has 2 saturated heterocycles. The minimum absolute atomic E-state index is 0.154. The summed E-state index contributed by atoms with van der Waals surface area (Å²) in [6.07, 6.45) is -15.1. The number of carbonyl (C=O) groups excluding carboxylic acids is 4. The lowest BCUT2D eigenvalue weighted by molar-refractivity contribution is -0.377. The maximum absolute atomic E-state index is 12.7. The molecule has 9 unspecified atom stereocenters. The Morgan fingerprint density at radius 3 is 2.46 bits per heavy atom. The predicted octanol–water partition coefficient (Wildman–Crippen LogP) is -8.94. The van der Waals surface area contributed by atoms with Crippen LogP contribution in [0.1, 0.15) is 12.6 Å². The Morgan fingerprint density at radius 2 is 1.92 bits per heavy atom. The van der Waals surface area contributed by atoms with E-state index >= 15 is 0 Å². The standard InChI is InChI=1S/C21H32N5O17P.CH3NOS/c22-11-1-2-26(20(37)24-11)18-16(34)15(33)10(41-18)6-40-44(38,39)43-21(19(35)36)3-8(29)13(25-12(31)4-23-7-28)17(42-21)14(32)9(30)5-27;3-1-2-4/h1-2,7-10,13-18,27,29-30,32-34H,3-6H2,(H,23,28)(H,25,31)(H,35,36)(H,38,39)(H2,22,24,37);1,4H,(H,2,3)/p-2/t8?,9-,10?,13?,14-,15?,16?,17?,18?,21?;/m1./s1. The average molecular weight is 733 g/mol. The summed E-state index contributed by atoms with van der Waals surface area (Å²) >= 11 is 3.30. The van der Waals surface area contributed by atoms with Gasteiger partial charge in [0.2, 0.25) is 24.5 Å². The molecule has 0 spiro atoms. The summed E-state index contributed by atoms with van der Waals surface area (Å²) in [5, 5.41) is 77.1. The number of rotatable bonds is 15. The first kappa shape index (κ1) is 40.9. The fourth-order valence-electron chi connectivity index (χ4n) is 4.44. The van der Waals surface area contributed by atoms with Crippen molar-refractivity contribution in [1.29, 1.82) is 0 Å². The van der Waals surface area contributed by atoms with Crippen molar-refractivity contribution in [3.05, 3.63) is 22.7 Å². The smallest absolute Gasteiger partial charge is 0.351 e.